The smallest absolute Gasteiger partial charge is 0.291 e. The van der Waals surface area contributed by atoms with Gasteiger partial charge < -0.3 is 14.5 Å². The second-order valence-corrected chi connectivity index (χ2v) is 6.23. The van der Waals surface area contributed by atoms with E-state index >= 15 is 0 Å². The summed E-state index contributed by atoms with van der Waals surface area (Å²) in [6.45, 7) is 0.0756. The number of benzene rings is 2. The summed E-state index contributed by atoms with van der Waals surface area (Å²) in [5.74, 6) is 0.456. The van der Waals surface area contributed by atoms with E-state index in [1.165, 1.54) is 30.3 Å². The molecular weight excluding hydrogens is 395 g/mol. The van der Waals surface area contributed by atoms with Crippen molar-refractivity contribution in [3.05, 3.63) is 86.3 Å². The number of carbonyl (C=O) groups is 1. The number of non-ortho nitro benzene ring substituents is 1. The van der Waals surface area contributed by atoms with Crippen LogP contribution in [0.1, 0.15) is 16.3 Å². The Morgan fingerprint density at radius 2 is 1.85 bits per heavy atom. The number of ether oxygens (including phenoxy) is 1. The first kappa shape index (κ1) is 18.8. The topological polar surface area (TPSA) is 94.6 Å². The molecule has 0 fully saturated rings. The Hall–Kier alpha value is -3.03. The highest BCUT2D eigenvalue weighted by molar-refractivity contribution is 6.35. The average Bonchev–Trinajstić information content (AvgIpc) is 3.10. The van der Waals surface area contributed by atoms with Gasteiger partial charge in [-0.1, -0.05) is 23.2 Å². The maximum Gasteiger partial charge on any atom is 0.291 e. The van der Waals surface area contributed by atoms with Gasteiger partial charge in [-0.15, -0.1) is 0 Å². The number of furan rings is 1. The molecule has 0 spiro atoms. The molecule has 9 heteroatoms. The molecule has 0 radical (unpaired) electrons. The minimum Gasteiger partial charge on any atom is -0.484 e. The Morgan fingerprint density at radius 1 is 1.11 bits per heavy atom. The minimum atomic E-state index is -0.517. The van der Waals surface area contributed by atoms with Gasteiger partial charge in [0.15, 0.2) is 5.76 Å². The molecule has 0 unspecified atom stereocenters. The van der Waals surface area contributed by atoms with Gasteiger partial charge in [-0.25, -0.2) is 0 Å². The molecule has 0 saturated heterocycles. The van der Waals surface area contributed by atoms with Crippen LogP contribution in [0.15, 0.2) is 59.0 Å². The van der Waals surface area contributed by atoms with E-state index < -0.39 is 10.8 Å². The monoisotopic (exact) mass is 406 g/mol. The molecular formula is C18H12Cl2N2O5. The third-order valence-electron chi connectivity index (χ3n) is 3.49. The Bertz CT molecular complexity index is 986. The summed E-state index contributed by atoms with van der Waals surface area (Å²) in [7, 11) is 0. The molecule has 0 aliphatic heterocycles. The molecule has 0 aliphatic rings. The van der Waals surface area contributed by atoms with E-state index in [9.17, 15) is 14.9 Å². The fourth-order valence-electron chi connectivity index (χ4n) is 2.18. The normalized spacial score (nSPS) is 10.4. The molecule has 3 rings (SSSR count). The number of anilines is 1. The molecule has 1 amide bonds. The number of nitrogens with zero attached hydrogens (tertiary/aromatic N) is 1. The Morgan fingerprint density at radius 3 is 2.52 bits per heavy atom. The first-order valence-electron chi connectivity index (χ1n) is 7.65. The summed E-state index contributed by atoms with van der Waals surface area (Å²) >= 11 is 11.9. The summed E-state index contributed by atoms with van der Waals surface area (Å²) in [6, 6.07) is 13.4. The first-order chi connectivity index (χ1) is 12.9. The van der Waals surface area contributed by atoms with Crippen molar-refractivity contribution in [3.8, 4) is 5.75 Å². The lowest BCUT2D eigenvalue weighted by atomic mass is 10.3. The lowest BCUT2D eigenvalue weighted by Gasteiger charge is -2.06. The molecule has 3 aromatic rings. The number of amides is 1. The van der Waals surface area contributed by atoms with Gasteiger partial charge in [-0.2, -0.15) is 0 Å². The summed E-state index contributed by atoms with van der Waals surface area (Å²) < 4.78 is 11.0. The van der Waals surface area contributed by atoms with Crippen LogP contribution < -0.4 is 10.1 Å². The quantitative estimate of drug-likeness (QED) is 0.441. The van der Waals surface area contributed by atoms with Crippen LogP contribution in [0.5, 0.6) is 5.75 Å². The number of hydrogen-bond acceptors (Lipinski definition) is 5. The lowest BCUT2D eigenvalue weighted by Crippen LogP contribution is -2.10. The highest BCUT2D eigenvalue weighted by Crippen LogP contribution is 2.28. The largest absolute Gasteiger partial charge is 0.484 e. The number of nitro groups is 1. The summed E-state index contributed by atoms with van der Waals surface area (Å²) in [5, 5.41) is 14.1. The molecule has 0 saturated carbocycles. The molecule has 1 aromatic heterocycles. The highest BCUT2D eigenvalue weighted by Gasteiger charge is 2.13. The molecule has 0 aliphatic carbocycles. The van der Waals surface area contributed by atoms with Gasteiger partial charge in [0.2, 0.25) is 0 Å². The lowest BCUT2D eigenvalue weighted by molar-refractivity contribution is -0.384. The fourth-order valence-corrected chi connectivity index (χ4v) is 2.64. The zero-order valence-electron chi connectivity index (χ0n) is 13.6. The van der Waals surface area contributed by atoms with Crippen LogP contribution >= 0.6 is 23.2 Å². The van der Waals surface area contributed by atoms with Gasteiger partial charge in [0.25, 0.3) is 11.6 Å². The maximum absolute atomic E-state index is 12.2. The van der Waals surface area contributed by atoms with Crippen molar-refractivity contribution in [1.29, 1.82) is 0 Å². The highest BCUT2D eigenvalue weighted by atomic mass is 35.5. The van der Waals surface area contributed by atoms with Crippen molar-refractivity contribution >= 4 is 40.5 Å². The number of rotatable bonds is 6. The molecule has 2 aromatic carbocycles. The number of nitro benzene ring substituents is 1. The first-order valence-corrected chi connectivity index (χ1v) is 8.40. The molecule has 0 bridgehead atoms. The van der Waals surface area contributed by atoms with Crippen molar-refractivity contribution in [1.82, 2.24) is 0 Å². The zero-order valence-corrected chi connectivity index (χ0v) is 15.2. The predicted molar refractivity (Wildman–Crippen MR) is 101 cm³/mol. The second kappa shape index (κ2) is 8.11. The van der Waals surface area contributed by atoms with Crippen molar-refractivity contribution in [2.24, 2.45) is 0 Å². The van der Waals surface area contributed by atoms with Gasteiger partial charge in [0.05, 0.1) is 9.95 Å². The third-order valence-corrected chi connectivity index (χ3v) is 4.02. The van der Waals surface area contributed by atoms with Crippen LogP contribution in [-0.2, 0) is 6.61 Å². The number of carbonyl (C=O) groups excluding carboxylic acids is 1. The minimum absolute atomic E-state index is 0.0636. The third kappa shape index (κ3) is 4.78. The zero-order chi connectivity index (χ0) is 19.4. The van der Waals surface area contributed by atoms with Gasteiger partial charge in [0.1, 0.15) is 18.1 Å². The molecule has 0 atom stereocenters. The molecule has 7 nitrogen and oxygen atoms in total. The van der Waals surface area contributed by atoms with E-state index in [4.69, 9.17) is 32.4 Å². The Balaban J connectivity index is 1.61. The van der Waals surface area contributed by atoms with Crippen LogP contribution in [-0.4, -0.2) is 10.8 Å². The molecule has 27 heavy (non-hydrogen) atoms. The van der Waals surface area contributed by atoms with E-state index in [0.29, 0.717) is 27.2 Å². The van der Waals surface area contributed by atoms with Gasteiger partial charge in [-0.3, -0.25) is 14.9 Å². The predicted octanol–water partition coefficient (Wildman–Crippen LogP) is 5.33. The fraction of sp³-hybridized carbons (Fsp3) is 0.0556. The van der Waals surface area contributed by atoms with E-state index in [1.807, 2.05) is 0 Å². The van der Waals surface area contributed by atoms with Crippen molar-refractivity contribution < 1.29 is 18.9 Å². The standard InChI is InChI=1S/C18H12Cl2N2O5/c19-11-1-7-16(15(20)9-11)26-10-14-6-8-17(27-14)18(23)21-12-2-4-13(5-3-12)22(24)25/h1-9H,10H2,(H,21,23). The van der Waals surface area contributed by atoms with Crippen LogP contribution in [0.2, 0.25) is 10.0 Å². The van der Waals surface area contributed by atoms with Crippen LogP contribution in [0.25, 0.3) is 0 Å². The maximum atomic E-state index is 12.2. The van der Waals surface area contributed by atoms with E-state index in [-0.39, 0.29) is 18.1 Å². The van der Waals surface area contributed by atoms with E-state index in [2.05, 4.69) is 5.32 Å². The van der Waals surface area contributed by atoms with E-state index in [1.54, 1.807) is 24.3 Å². The average molecular weight is 407 g/mol. The van der Waals surface area contributed by atoms with Crippen molar-refractivity contribution in [2.45, 2.75) is 6.61 Å². The summed E-state index contributed by atoms with van der Waals surface area (Å²) in [4.78, 5) is 22.3. The summed E-state index contributed by atoms with van der Waals surface area (Å²) in [6.07, 6.45) is 0. The number of nitrogens with one attached hydrogen (secondary N) is 1. The van der Waals surface area contributed by atoms with Gasteiger partial charge in [0, 0.05) is 22.8 Å². The molecule has 1 N–H and O–H groups in total. The SMILES string of the molecule is O=C(Nc1ccc([N+](=O)[O-])cc1)c1ccc(COc2ccc(Cl)cc2Cl)o1. The van der Waals surface area contributed by atoms with E-state index in [0.717, 1.165) is 0 Å². The summed E-state index contributed by atoms with van der Waals surface area (Å²) in [5.41, 5.74) is 0.346. The second-order valence-electron chi connectivity index (χ2n) is 5.39. The van der Waals surface area contributed by atoms with Crippen LogP contribution in [0.4, 0.5) is 11.4 Å². The molecule has 1 heterocycles. The van der Waals surface area contributed by atoms with Crippen LogP contribution in [0.3, 0.4) is 0 Å². The van der Waals surface area contributed by atoms with Gasteiger partial charge in [-0.05, 0) is 42.5 Å². The number of hydrogen-bond donors (Lipinski definition) is 1. The molecule has 138 valence electrons. The Labute approximate surface area is 163 Å². The number of halogens is 2. The Kier molecular flexibility index (Phi) is 5.63. The van der Waals surface area contributed by atoms with Crippen molar-refractivity contribution in [3.63, 3.8) is 0 Å². The van der Waals surface area contributed by atoms with Gasteiger partial charge >= 0.3 is 0 Å². The van der Waals surface area contributed by atoms with Crippen LogP contribution in [0, 0.1) is 10.1 Å². The van der Waals surface area contributed by atoms with Crippen molar-refractivity contribution in [2.75, 3.05) is 5.32 Å².